The maximum Gasteiger partial charge on any atom is 1.00 e. The van der Waals surface area contributed by atoms with Crippen molar-refractivity contribution in [2.24, 2.45) is 20.5 Å². The molecule has 1 aromatic heterocycles. The number of nitrogens with one attached hydrogen (secondary N) is 4. The molecular formula is C37H26N11Na3O12S4. The summed E-state index contributed by atoms with van der Waals surface area (Å²) in [6.45, 7) is 0. The van der Waals surface area contributed by atoms with Gasteiger partial charge in [-0.3, -0.25) is 10.2 Å². The molecule has 67 heavy (non-hydrogen) atoms. The average Bonchev–Trinajstić information content (AvgIpc) is 3.22. The number of nitrogens with zero attached hydrogens (tertiary/aromatic N) is 6. The van der Waals surface area contributed by atoms with Crippen molar-refractivity contribution < 1.29 is 141 Å². The normalized spacial score (nSPS) is 13.3. The Balaban J connectivity index is 0.00000327. The number of primary sulfonamides is 1. The van der Waals surface area contributed by atoms with Gasteiger partial charge in [-0.2, -0.15) is 30.3 Å². The molecule has 0 unspecified atom stereocenters. The predicted molar refractivity (Wildman–Crippen MR) is 226 cm³/mol. The summed E-state index contributed by atoms with van der Waals surface area (Å²) in [7, 11) is -19.6. The molecule has 7 rings (SSSR count). The van der Waals surface area contributed by atoms with Gasteiger partial charge in [0.1, 0.15) is 36.1 Å². The Hall–Kier alpha value is -4.37. The second-order valence-corrected chi connectivity index (χ2v) is 18.7. The largest absolute Gasteiger partial charge is 1.00 e. The number of hydrogen-bond donors (Lipinski definition) is 5. The summed E-state index contributed by atoms with van der Waals surface area (Å²) >= 11 is 0. The van der Waals surface area contributed by atoms with Gasteiger partial charge >= 0.3 is 88.7 Å². The fraction of sp³-hybridized carbons (Fsp3) is 0. The first-order chi connectivity index (χ1) is 30.1. The molecule has 328 valence electrons. The number of azo groups is 1. The van der Waals surface area contributed by atoms with Crippen molar-refractivity contribution in [1.29, 1.82) is 0 Å². The number of para-hydroxylation sites is 1. The van der Waals surface area contributed by atoms with Gasteiger partial charge in [0.15, 0.2) is 0 Å². The van der Waals surface area contributed by atoms with E-state index in [1.54, 1.807) is 30.3 Å². The number of ketones is 1. The fourth-order valence-corrected chi connectivity index (χ4v) is 8.02. The Morgan fingerprint density at radius 3 is 1.66 bits per heavy atom. The Morgan fingerprint density at radius 2 is 1.09 bits per heavy atom. The second-order valence-electron chi connectivity index (χ2n) is 13.1. The van der Waals surface area contributed by atoms with Gasteiger partial charge < -0.3 is 29.6 Å². The van der Waals surface area contributed by atoms with Gasteiger partial charge in [0.2, 0.25) is 33.7 Å². The molecular weight excluding hydrogens is 988 g/mol. The topological polar surface area (TPSA) is 373 Å². The number of hydrogen-bond acceptors (Lipinski definition) is 22. The molecule has 0 atom stereocenters. The van der Waals surface area contributed by atoms with E-state index in [1.807, 2.05) is 0 Å². The van der Waals surface area contributed by atoms with E-state index >= 15 is 0 Å². The van der Waals surface area contributed by atoms with Gasteiger partial charge in [0.25, 0.3) is 0 Å². The Morgan fingerprint density at radius 1 is 0.537 bits per heavy atom. The van der Waals surface area contributed by atoms with Crippen molar-refractivity contribution in [2.45, 2.75) is 14.7 Å². The molecule has 30 heteroatoms. The number of allylic oxidation sites excluding steroid dienone is 1. The zero-order chi connectivity index (χ0) is 46.0. The van der Waals surface area contributed by atoms with E-state index in [4.69, 9.17) is 5.14 Å². The number of anilines is 7. The van der Waals surface area contributed by atoms with Crippen molar-refractivity contribution in [2.75, 3.05) is 21.4 Å². The van der Waals surface area contributed by atoms with Crippen molar-refractivity contribution in [1.82, 2.24) is 15.0 Å². The zero-order valence-electron chi connectivity index (χ0n) is 34.8. The van der Waals surface area contributed by atoms with Gasteiger partial charge in [-0.1, -0.05) is 24.3 Å². The Labute approximate surface area is 448 Å². The van der Waals surface area contributed by atoms with Gasteiger partial charge in [-0.25, -0.2) is 38.8 Å². The van der Waals surface area contributed by atoms with Gasteiger partial charge in [0.05, 0.1) is 36.7 Å². The van der Waals surface area contributed by atoms with Crippen LogP contribution in [0.2, 0.25) is 0 Å². The van der Waals surface area contributed by atoms with Crippen LogP contribution in [0, 0.1) is 0 Å². The van der Waals surface area contributed by atoms with Crippen LogP contribution in [-0.4, -0.2) is 73.8 Å². The van der Waals surface area contributed by atoms with Crippen LogP contribution in [0.1, 0.15) is 15.9 Å². The number of nitrogens with two attached hydrogens (primary N) is 1. The molecule has 0 bridgehead atoms. The third-order valence-electron chi connectivity index (χ3n) is 8.57. The molecule has 0 amide bonds. The molecule has 0 saturated carbocycles. The van der Waals surface area contributed by atoms with E-state index in [0.29, 0.717) is 5.69 Å². The van der Waals surface area contributed by atoms with Crippen LogP contribution in [-0.2, 0) is 40.4 Å². The molecule has 0 fully saturated rings. The number of hydrazone groups is 1. The van der Waals surface area contributed by atoms with Crippen LogP contribution in [0.25, 0.3) is 6.08 Å². The quantitative estimate of drug-likeness (QED) is 0.0297. The molecule has 1 aliphatic carbocycles. The maximum absolute atomic E-state index is 13.7. The minimum absolute atomic E-state index is 0. The number of fused-ring (bicyclic) bond motifs is 1. The molecule has 0 spiro atoms. The van der Waals surface area contributed by atoms with Crippen LogP contribution in [0.15, 0.2) is 150 Å². The van der Waals surface area contributed by atoms with E-state index < -0.39 is 72.3 Å². The molecule has 1 heterocycles. The summed E-state index contributed by atoms with van der Waals surface area (Å²) in [5.41, 5.74) is 1.34. The van der Waals surface area contributed by atoms with Crippen molar-refractivity contribution >= 4 is 110 Å². The first kappa shape index (κ1) is 55.2. The second kappa shape index (κ2) is 22.4. The minimum Gasteiger partial charge on any atom is -0.744 e. The molecule has 0 aliphatic heterocycles. The maximum atomic E-state index is 13.7. The number of carbonyl (C=O) groups is 1. The third-order valence-corrected chi connectivity index (χ3v) is 12.1. The summed E-state index contributed by atoms with van der Waals surface area (Å²) in [5, 5.41) is 25.4. The SMILES string of the molecule is NS(=O)(=O)c1cccc(Nc2nc(Nc3ccccc3)nc(Nc3ccc4c(c3)C=C(S(=O)(=O)[O-])C(=NNc3ccc(N=Nc5ccc(S(=O)(=O)[O-])cc5)cc3S(=O)(=O)[O-])C4=O)n2)c1.[Na+].[Na+].[Na+]. The Kier molecular flexibility index (Phi) is 18.4. The zero-order valence-corrected chi connectivity index (χ0v) is 44.1. The molecule has 6 N–H and O–H groups in total. The standard InChI is InChI=1S/C37H29N11O12S4.3Na/c38-61(50,51)28-8-4-7-24(19-28)40-36-42-35(39-22-5-2-1-3-6-22)43-37(44-36)41-25-11-15-29-21(17-25)18-32(64(58,59)60)33(34(29)49)48-47-30-16-12-26(20-31(30)63(55,56)57)46-45-23-9-13-27(14-10-23)62(52,53)54;;;/h1-20,47H,(H2,38,50,51)(H,52,53,54)(H,55,56,57)(H,58,59,60)(H3,39,40,41,42,43,44);;;/q;3*+1/p-3. The molecule has 23 nitrogen and oxygen atoms in total. The number of carbonyl (C=O) groups excluding carboxylic acids is 1. The van der Waals surface area contributed by atoms with E-state index in [-0.39, 0.29) is 145 Å². The van der Waals surface area contributed by atoms with Crippen LogP contribution in [0.5, 0.6) is 0 Å². The monoisotopic (exact) mass is 1010 g/mol. The number of Topliss-reactive ketones (excluding diaryl/α,β-unsaturated/α-hetero) is 1. The van der Waals surface area contributed by atoms with E-state index in [2.05, 4.69) is 51.7 Å². The minimum atomic E-state index is -5.45. The summed E-state index contributed by atoms with van der Waals surface area (Å²) < 4.78 is 132. The summed E-state index contributed by atoms with van der Waals surface area (Å²) in [6.07, 6.45) is 0.861. The average molecular weight is 1010 g/mol. The first-order valence-electron chi connectivity index (χ1n) is 17.6. The van der Waals surface area contributed by atoms with Gasteiger partial charge in [-0.05, 0) is 103 Å². The molecule has 0 saturated heterocycles. The van der Waals surface area contributed by atoms with Gasteiger partial charge in [0, 0.05) is 22.6 Å². The predicted octanol–water partition coefficient (Wildman–Crippen LogP) is -4.46. The molecule has 1 aliphatic rings. The summed E-state index contributed by atoms with van der Waals surface area (Å²) in [6, 6.07) is 25.4. The van der Waals surface area contributed by atoms with Crippen molar-refractivity contribution in [3.05, 3.63) is 131 Å². The van der Waals surface area contributed by atoms with E-state index in [1.165, 1.54) is 42.5 Å². The van der Waals surface area contributed by atoms with Crippen LogP contribution in [0.3, 0.4) is 0 Å². The fourth-order valence-electron chi connectivity index (χ4n) is 5.70. The Bertz CT molecular complexity index is 3430. The number of aromatic nitrogens is 3. The smallest absolute Gasteiger partial charge is 0.744 e. The molecule has 5 aromatic carbocycles. The first-order valence-corrected chi connectivity index (χ1v) is 23.4. The molecule has 6 aromatic rings. The van der Waals surface area contributed by atoms with E-state index in [9.17, 15) is 52.1 Å². The van der Waals surface area contributed by atoms with Crippen molar-refractivity contribution in [3.8, 4) is 0 Å². The number of sulfonamides is 1. The van der Waals surface area contributed by atoms with Crippen molar-refractivity contribution in [3.63, 3.8) is 0 Å². The summed E-state index contributed by atoms with van der Waals surface area (Å²) in [4.78, 5) is 24.0. The van der Waals surface area contributed by atoms with Crippen LogP contribution < -0.4 is 115 Å². The third kappa shape index (κ3) is 14.3. The van der Waals surface area contributed by atoms with Crippen LogP contribution in [0.4, 0.5) is 52.0 Å². The molecule has 0 radical (unpaired) electrons. The summed E-state index contributed by atoms with van der Waals surface area (Å²) in [5.74, 6) is -1.23. The number of benzene rings is 5. The van der Waals surface area contributed by atoms with E-state index in [0.717, 1.165) is 48.5 Å². The number of rotatable bonds is 14. The van der Waals surface area contributed by atoms with Crippen LogP contribution >= 0.6 is 0 Å². The van der Waals surface area contributed by atoms with Gasteiger partial charge in [-0.15, -0.1) is 0 Å².